The topological polar surface area (TPSA) is 44.7 Å². The third-order valence-corrected chi connectivity index (χ3v) is 6.94. The molecule has 0 radical (unpaired) electrons. The molecule has 1 unspecified atom stereocenters. The summed E-state index contributed by atoms with van der Waals surface area (Å²) in [6.45, 7) is 2.49. The lowest BCUT2D eigenvalue weighted by molar-refractivity contribution is -0.139. The maximum absolute atomic E-state index is 13.2. The largest absolute Gasteiger partial charge is 0.417 e. The second-order valence-electron chi connectivity index (χ2n) is 8.44. The van der Waals surface area contributed by atoms with Crippen molar-refractivity contribution in [2.75, 3.05) is 24.7 Å². The fraction of sp³-hybridized carbons (Fsp3) is 0.231. The number of nitrogens with zero attached hydrogens (tertiary/aromatic N) is 2. The molecule has 0 saturated heterocycles. The van der Waals surface area contributed by atoms with Crippen LogP contribution in [0.25, 0.3) is 0 Å². The molecule has 3 aromatic carbocycles. The Balaban J connectivity index is 1.56. The first-order valence-electron chi connectivity index (χ1n) is 10.8. The van der Waals surface area contributed by atoms with Crippen LogP contribution in [0, 0.1) is 0 Å². The molecule has 9 heteroatoms. The summed E-state index contributed by atoms with van der Waals surface area (Å²) in [5.41, 5.74) is 1.88. The quantitative estimate of drug-likeness (QED) is 0.370. The predicted octanol–water partition coefficient (Wildman–Crippen LogP) is 6.70. The van der Waals surface area contributed by atoms with Gasteiger partial charge in [0.25, 0.3) is 0 Å². The van der Waals surface area contributed by atoms with Gasteiger partial charge in [-0.3, -0.25) is 9.80 Å². The first-order valence-corrected chi connectivity index (χ1v) is 12.4. The summed E-state index contributed by atoms with van der Waals surface area (Å²) in [5.74, 6) is -0.367. The monoisotopic (exact) mass is 517 g/mol. The van der Waals surface area contributed by atoms with Crippen LogP contribution < -0.4 is 5.32 Å². The summed E-state index contributed by atoms with van der Waals surface area (Å²) in [6, 6.07) is 20.9. The van der Waals surface area contributed by atoms with Crippen LogP contribution in [-0.2, 0) is 16.4 Å². The molecule has 1 N–H and O–H groups in total. The van der Waals surface area contributed by atoms with Gasteiger partial charge in [-0.15, -0.1) is 11.8 Å². The van der Waals surface area contributed by atoms with E-state index in [1.54, 1.807) is 23.4 Å². The van der Waals surface area contributed by atoms with Gasteiger partial charge >= 0.3 is 6.18 Å². The summed E-state index contributed by atoms with van der Waals surface area (Å²) >= 11 is 7.05. The van der Waals surface area contributed by atoms with Crippen molar-refractivity contribution < 1.29 is 18.0 Å². The normalized spacial score (nSPS) is 17.9. The molecule has 182 valence electrons. The second kappa shape index (κ2) is 9.95. The molecule has 3 aromatic rings. The average Bonchev–Trinajstić information content (AvgIpc) is 3.16. The Kier molecular flexibility index (Phi) is 7.15. The Morgan fingerprint density at radius 3 is 2.43 bits per heavy atom. The lowest BCUT2D eigenvalue weighted by atomic mass is 9.76. The molecule has 0 saturated carbocycles. The number of nitrogens with one attached hydrogen (secondary N) is 1. The number of hydrogen-bond donors (Lipinski definition) is 1. The van der Waals surface area contributed by atoms with E-state index in [4.69, 9.17) is 16.7 Å². The van der Waals surface area contributed by atoms with E-state index in [9.17, 15) is 18.0 Å². The molecule has 1 aliphatic heterocycles. The highest BCUT2D eigenvalue weighted by atomic mass is 35.5. The number of hydrazone groups is 1. The van der Waals surface area contributed by atoms with Gasteiger partial charge in [0.05, 0.1) is 23.2 Å². The molecular weight excluding hydrogens is 495 g/mol. The van der Waals surface area contributed by atoms with E-state index >= 15 is 0 Å². The molecule has 35 heavy (non-hydrogen) atoms. The number of alkyl halides is 3. The van der Waals surface area contributed by atoms with Crippen LogP contribution in [0.3, 0.4) is 0 Å². The Hall–Kier alpha value is -2.97. The molecule has 0 bridgehead atoms. The fourth-order valence-electron chi connectivity index (χ4n) is 4.21. The minimum absolute atomic E-state index is 0.0465. The summed E-state index contributed by atoms with van der Waals surface area (Å²) < 4.78 is 39.5. The van der Waals surface area contributed by atoms with E-state index in [2.05, 4.69) is 12.2 Å². The van der Waals surface area contributed by atoms with Crippen molar-refractivity contribution in [3.63, 3.8) is 0 Å². The van der Waals surface area contributed by atoms with E-state index in [1.807, 2.05) is 42.5 Å². The Morgan fingerprint density at radius 2 is 1.80 bits per heavy atom. The van der Waals surface area contributed by atoms with E-state index in [0.29, 0.717) is 17.3 Å². The number of anilines is 1. The summed E-state index contributed by atoms with van der Waals surface area (Å²) in [4.78, 5) is 12.9. The Bertz CT molecular complexity index is 1250. The zero-order chi connectivity index (χ0) is 25.2. The van der Waals surface area contributed by atoms with Crippen LogP contribution in [0.15, 0.2) is 82.8 Å². The standard InChI is InChI=1S/C26H23ClF3N3OS/c1-25(18-6-4-3-5-7-18)16-33(32-24(25)17-8-10-19(27)11-9-17)15-23(34)31-20-12-13-21(26(28,29)30)22(14-20)35-2/h3-14H,15-16H2,1-2H3,(H,31,34). The summed E-state index contributed by atoms with van der Waals surface area (Å²) in [7, 11) is 0. The lowest BCUT2D eigenvalue weighted by Crippen LogP contribution is -2.38. The molecule has 0 aromatic heterocycles. The van der Waals surface area contributed by atoms with Crippen molar-refractivity contribution in [3.05, 3.63) is 94.5 Å². The lowest BCUT2D eigenvalue weighted by Gasteiger charge is -2.27. The van der Waals surface area contributed by atoms with Crippen LogP contribution >= 0.6 is 23.4 Å². The maximum atomic E-state index is 13.2. The van der Waals surface area contributed by atoms with Crippen LogP contribution in [0.4, 0.5) is 18.9 Å². The number of benzene rings is 3. The van der Waals surface area contributed by atoms with Gasteiger partial charge in [-0.2, -0.15) is 18.3 Å². The predicted molar refractivity (Wildman–Crippen MR) is 135 cm³/mol. The molecule has 0 spiro atoms. The van der Waals surface area contributed by atoms with Gasteiger partial charge in [0.1, 0.15) is 6.54 Å². The molecule has 1 amide bonds. The molecular formula is C26H23ClF3N3OS. The highest BCUT2D eigenvalue weighted by Gasteiger charge is 2.41. The van der Waals surface area contributed by atoms with E-state index in [-0.39, 0.29) is 17.3 Å². The van der Waals surface area contributed by atoms with Crippen molar-refractivity contribution >= 4 is 40.7 Å². The second-order valence-corrected chi connectivity index (χ2v) is 9.72. The van der Waals surface area contributed by atoms with Crippen molar-refractivity contribution in [3.8, 4) is 0 Å². The molecule has 0 aliphatic carbocycles. The maximum Gasteiger partial charge on any atom is 0.417 e. The van der Waals surface area contributed by atoms with Crippen LogP contribution in [0.1, 0.15) is 23.6 Å². The Morgan fingerprint density at radius 1 is 1.11 bits per heavy atom. The fourth-order valence-corrected chi connectivity index (χ4v) is 4.98. The zero-order valence-electron chi connectivity index (χ0n) is 19.1. The van der Waals surface area contributed by atoms with Gasteiger partial charge < -0.3 is 5.32 Å². The zero-order valence-corrected chi connectivity index (χ0v) is 20.6. The molecule has 0 fully saturated rings. The summed E-state index contributed by atoms with van der Waals surface area (Å²) in [5, 5.41) is 9.78. The highest BCUT2D eigenvalue weighted by Crippen LogP contribution is 2.38. The Labute approximate surface area is 211 Å². The number of carbonyl (C=O) groups is 1. The minimum Gasteiger partial charge on any atom is -0.324 e. The molecule has 1 heterocycles. The minimum atomic E-state index is -4.45. The van der Waals surface area contributed by atoms with E-state index in [0.717, 1.165) is 34.7 Å². The van der Waals surface area contributed by atoms with Crippen LogP contribution in [0.5, 0.6) is 0 Å². The van der Waals surface area contributed by atoms with Crippen molar-refractivity contribution in [1.29, 1.82) is 0 Å². The van der Waals surface area contributed by atoms with Crippen molar-refractivity contribution in [2.24, 2.45) is 5.10 Å². The molecule has 1 aliphatic rings. The van der Waals surface area contributed by atoms with Gasteiger partial charge in [-0.25, -0.2) is 0 Å². The molecule has 4 nitrogen and oxygen atoms in total. The summed E-state index contributed by atoms with van der Waals surface area (Å²) in [6.07, 6.45) is -2.89. The SMILES string of the molecule is CSc1cc(NC(=O)CN2CC(C)(c3ccccc3)C(c3ccc(Cl)cc3)=N2)ccc1C(F)(F)F. The average molecular weight is 518 g/mol. The van der Waals surface area contributed by atoms with Crippen LogP contribution in [-0.4, -0.2) is 36.0 Å². The van der Waals surface area contributed by atoms with Gasteiger partial charge in [0.15, 0.2) is 0 Å². The third-order valence-electron chi connectivity index (χ3n) is 5.91. The molecule has 4 rings (SSSR count). The molecule has 1 atom stereocenters. The van der Waals surface area contributed by atoms with Gasteiger partial charge in [-0.05, 0) is 54.6 Å². The van der Waals surface area contributed by atoms with Crippen LogP contribution in [0.2, 0.25) is 5.02 Å². The number of hydrogen-bond acceptors (Lipinski definition) is 4. The number of thioether (sulfide) groups is 1. The van der Waals surface area contributed by atoms with Gasteiger partial charge in [0, 0.05) is 15.6 Å². The first kappa shape index (κ1) is 25.1. The number of rotatable bonds is 6. The number of amides is 1. The van der Waals surface area contributed by atoms with Crippen molar-refractivity contribution in [2.45, 2.75) is 23.4 Å². The number of carbonyl (C=O) groups excluding carboxylic acids is 1. The first-order chi connectivity index (χ1) is 16.6. The highest BCUT2D eigenvalue weighted by molar-refractivity contribution is 7.98. The van der Waals surface area contributed by atoms with Crippen molar-refractivity contribution in [1.82, 2.24) is 5.01 Å². The number of halogens is 4. The van der Waals surface area contributed by atoms with E-state index < -0.39 is 17.2 Å². The third kappa shape index (κ3) is 5.49. The smallest absolute Gasteiger partial charge is 0.324 e. The van der Waals surface area contributed by atoms with Gasteiger partial charge in [0.2, 0.25) is 5.91 Å². The van der Waals surface area contributed by atoms with E-state index in [1.165, 1.54) is 12.1 Å². The van der Waals surface area contributed by atoms with Gasteiger partial charge in [-0.1, -0.05) is 54.1 Å².